The van der Waals surface area contributed by atoms with Crippen molar-refractivity contribution in [2.45, 2.75) is 56.4 Å². The molecule has 2 saturated heterocycles. The molecule has 2 aromatic rings. The second-order valence-electron chi connectivity index (χ2n) is 8.90. The van der Waals surface area contributed by atoms with E-state index in [4.69, 9.17) is 0 Å². The second-order valence-corrected chi connectivity index (χ2v) is 8.90. The average Bonchev–Trinajstić information content (AvgIpc) is 3.30. The standard InChI is InChI=1S/C25H28N2O2/c28-23-11-4-5-14-25(26-23)17-27(16-22(25)19-7-2-1-3-8-19)24(29)21-13-12-18-9-6-10-20(18)15-21/h1-3,7-8,12-13,15,22H,4-6,9-11,14,16-17H2,(H,26,28)/t22-,25+/m0/s1. The van der Waals surface area contributed by atoms with Crippen LogP contribution in [0.25, 0.3) is 0 Å². The van der Waals surface area contributed by atoms with E-state index >= 15 is 0 Å². The Hall–Kier alpha value is -2.62. The van der Waals surface area contributed by atoms with Crippen LogP contribution in [0.4, 0.5) is 0 Å². The van der Waals surface area contributed by atoms with Crippen molar-refractivity contribution in [1.29, 1.82) is 0 Å². The molecule has 2 aromatic carbocycles. The van der Waals surface area contributed by atoms with Crippen LogP contribution in [-0.2, 0) is 17.6 Å². The average molecular weight is 389 g/mol. The third-order valence-corrected chi connectivity index (χ3v) is 7.04. The van der Waals surface area contributed by atoms with Crippen molar-refractivity contribution in [3.8, 4) is 0 Å². The number of likely N-dealkylation sites (tertiary alicyclic amines) is 1. The summed E-state index contributed by atoms with van der Waals surface area (Å²) in [5.74, 6) is 0.343. The largest absolute Gasteiger partial charge is 0.348 e. The Morgan fingerprint density at radius 1 is 0.966 bits per heavy atom. The normalized spacial score (nSPS) is 26.3. The number of carbonyl (C=O) groups is 2. The molecule has 2 atom stereocenters. The lowest BCUT2D eigenvalue weighted by Gasteiger charge is -2.34. The Morgan fingerprint density at radius 2 is 1.79 bits per heavy atom. The number of benzene rings is 2. The van der Waals surface area contributed by atoms with Gasteiger partial charge in [-0.15, -0.1) is 0 Å². The van der Waals surface area contributed by atoms with Crippen molar-refractivity contribution in [2.75, 3.05) is 13.1 Å². The third kappa shape index (κ3) is 3.35. The zero-order valence-electron chi connectivity index (χ0n) is 16.8. The Balaban J connectivity index is 1.47. The number of nitrogens with one attached hydrogen (secondary N) is 1. The summed E-state index contributed by atoms with van der Waals surface area (Å²) in [5, 5.41) is 3.35. The van der Waals surface area contributed by atoms with Crippen LogP contribution in [0.15, 0.2) is 48.5 Å². The Kier molecular flexibility index (Phi) is 4.65. The first-order valence-corrected chi connectivity index (χ1v) is 10.9. The van der Waals surface area contributed by atoms with Gasteiger partial charge in [-0.3, -0.25) is 9.59 Å². The van der Waals surface area contributed by atoms with E-state index in [1.165, 1.54) is 23.1 Å². The predicted molar refractivity (Wildman–Crippen MR) is 113 cm³/mol. The van der Waals surface area contributed by atoms with Gasteiger partial charge in [0.15, 0.2) is 0 Å². The molecule has 0 radical (unpaired) electrons. The highest BCUT2D eigenvalue weighted by Gasteiger charge is 2.49. The number of hydrogen-bond donors (Lipinski definition) is 1. The van der Waals surface area contributed by atoms with Crippen LogP contribution in [0.2, 0.25) is 0 Å². The molecule has 2 heterocycles. The number of nitrogens with zero attached hydrogens (tertiary/aromatic N) is 1. The molecule has 3 aliphatic rings. The quantitative estimate of drug-likeness (QED) is 0.850. The molecule has 2 fully saturated rings. The maximum absolute atomic E-state index is 13.4. The smallest absolute Gasteiger partial charge is 0.253 e. The van der Waals surface area contributed by atoms with Crippen molar-refractivity contribution in [2.24, 2.45) is 0 Å². The van der Waals surface area contributed by atoms with E-state index in [9.17, 15) is 9.59 Å². The number of fused-ring (bicyclic) bond motifs is 1. The van der Waals surface area contributed by atoms with Gasteiger partial charge in [0.25, 0.3) is 5.91 Å². The van der Waals surface area contributed by atoms with Gasteiger partial charge in [-0.05, 0) is 60.9 Å². The molecule has 0 saturated carbocycles. The highest BCUT2D eigenvalue weighted by atomic mass is 16.2. The first kappa shape index (κ1) is 18.4. The van der Waals surface area contributed by atoms with Crippen LogP contribution in [-0.4, -0.2) is 35.3 Å². The minimum atomic E-state index is -0.360. The summed E-state index contributed by atoms with van der Waals surface area (Å²) >= 11 is 0. The number of amides is 2. The summed E-state index contributed by atoms with van der Waals surface area (Å²) in [7, 11) is 0. The summed E-state index contributed by atoms with van der Waals surface area (Å²) in [6, 6.07) is 16.6. The van der Waals surface area contributed by atoms with E-state index < -0.39 is 0 Å². The maximum atomic E-state index is 13.4. The maximum Gasteiger partial charge on any atom is 0.253 e. The van der Waals surface area contributed by atoms with Gasteiger partial charge >= 0.3 is 0 Å². The fraction of sp³-hybridized carbons (Fsp3) is 0.440. The molecule has 150 valence electrons. The monoisotopic (exact) mass is 388 g/mol. The van der Waals surface area contributed by atoms with Gasteiger partial charge in [-0.1, -0.05) is 42.8 Å². The lowest BCUT2D eigenvalue weighted by Crippen LogP contribution is -2.52. The fourth-order valence-corrected chi connectivity index (χ4v) is 5.57. The zero-order valence-corrected chi connectivity index (χ0v) is 16.8. The lowest BCUT2D eigenvalue weighted by atomic mass is 9.79. The predicted octanol–water partition coefficient (Wildman–Crippen LogP) is 3.84. The number of rotatable bonds is 2. The highest BCUT2D eigenvalue weighted by Crippen LogP contribution is 2.41. The first-order chi connectivity index (χ1) is 14.1. The van der Waals surface area contributed by atoms with Gasteiger partial charge in [-0.2, -0.15) is 0 Å². The van der Waals surface area contributed by atoms with Gasteiger partial charge < -0.3 is 10.2 Å². The Labute approximate surface area is 172 Å². The second kappa shape index (κ2) is 7.33. The molecular weight excluding hydrogens is 360 g/mol. The van der Waals surface area contributed by atoms with Crippen molar-refractivity contribution in [3.05, 3.63) is 70.8 Å². The highest BCUT2D eigenvalue weighted by molar-refractivity contribution is 5.95. The first-order valence-electron chi connectivity index (χ1n) is 10.9. The molecule has 2 aliphatic heterocycles. The van der Waals surface area contributed by atoms with Gasteiger partial charge in [0, 0.05) is 31.0 Å². The molecule has 1 aliphatic carbocycles. The molecule has 29 heavy (non-hydrogen) atoms. The molecule has 4 heteroatoms. The molecule has 2 amide bonds. The summed E-state index contributed by atoms with van der Waals surface area (Å²) in [5.41, 5.74) is 4.35. The summed E-state index contributed by atoms with van der Waals surface area (Å²) in [6.07, 6.45) is 6.83. The van der Waals surface area contributed by atoms with E-state index in [1.54, 1.807) is 0 Å². The summed E-state index contributed by atoms with van der Waals surface area (Å²) in [6.45, 7) is 1.24. The molecule has 5 rings (SSSR count). The van der Waals surface area contributed by atoms with Crippen molar-refractivity contribution >= 4 is 11.8 Å². The van der Waals surface area contributed by atoms with Gasteiger partial charge in [0.05, 0.1) is 5.54 Å². The molecule has 0 aromatic heterocycles. The molecular formula is C25H28N2O2. The van der Waals surface area contributed by atoms with Gasteiger partial charge in [-0.25, -0.2) is 0 Å². The molecule has 1 N–H and O–H groups in total. The van der Waals surface area contributed by atoms with Crippen LogP contribution in [0.3, 0.4) is 0 Å². The van der Waals surface area contributed by atoms with Crippen LogP contribution < -0.4 is 5.32 Å². The number of aryl methyl sites for hydroxylation is 2. The van der Waals surface area contributed by atoms with Crippen molar-refractivity contribution < 1.29 is 9.59 Å². The van der Waals surface area contributed by atoms with Crippen molar-refractivity contribution in [3.63, 3.8) is 0 Å². The molecule has 1 spiro atoms. The minimum absolute atomic E-state index is 0.0935. The molecule has 4 nitrogen and oxygen atoms in total. The SMILES string of the molecule is O=C1CCCC[C@]2(CN(C(=O)c3ccc4c(c3)CCC4)C[C@H]2c2ccccc2)N1. The fourth-order valence-electron chi connectivity index (χ4n) is 5.57. The lowest BCUT2D eigenvalue weighted by molar-refractivity contribution is -0.122. The van der Waals surface area contributed by atoms with Crippen LogP contribution in [0.5, 0.6) is 0 Å². The van der Waals surface area contributed by atoms with Crippen molar-refractivity contribution in [1.82, 2.24) is 10.2 Å². The number of carbonyl (C=O) groups excluding carboxylic acids is 2. The Morgan fingerprint density at radius 3 is 2.66 bits per heavy atom. The topological polar surface area (TPSA) is 49.4 Å². The van der Waals surface area contributed by atoms with Crippen LogP contribution in [0.1, 0.15) is 65.1 Å². The molecule has 0 unspecified atom stereocenters. The third-order valence-electron chi connectivity index (χ3n) is 7.04. The Bertz CT molecular complexity index is 939. The van der Waals surface area contributed by atoms with E-state index in [0.29, 0.717) is 19.5 Å². The van der Waals surface area contributed by atoms with E-state index in [1.807, 2.05) is 29.2 Å². The van der Waals surface area contributed by atoms with E-state index in [2.05, 4.69) is 29.6 Å². The van der Waals surface area contributed by atoms with E-state index in [0.717, 1.165) is 37.7 Å². The van der Waals surface area contributed by atoms with Gasteiger partial charge in [0.1, 0.15) is 0 Å². The van der Waals surface area contributed by atoms with E-state index in [-0.39, 0.29) is 23.3 Å². The minimum Gasteiger partial charge on any atom is -0.348 e. The summed E-state index contributed by atoms with van der Waals surface area (Å²) in [4.78, 5) is 27.9. The number of hydrogen-bond acceptors (Lipinski definition) is 2. The zero-order chi connectivity index (χ0) is 19.8. The molecule has 0 bridgehead atoms. The van der Waals surface area contributed by atoms with Crippen LogP contribution in [0, 0.1) is 0 Å². The van der Waals surface area contributed by atoms with Crippen LogP contribution >= 0.6 is 0 Å². The summed E-state index contributed by atoms with van der Waals surface area (Å²) < 4.78 is 0. The van der Waals surface area contributed by atoms with Gasteiger partial charge in [0.2, 0.25) is 5.91 Å².